The Bertz CT molecular complexity index is 604. The summed E-state index contributed by atoms with van der Waals surface area (Å²) in [5, 5.41) is 3.26. The highest BCUT2D eigenvalue weighted by Crippen LogP contribution is 2.21. The molecule has 2 heterocycles. The number of halogens is 1. The van der Waals surface area contributed by atoms with Crippen LogP contribution >= 0.6 is 11.6 Å². The summed E-state index contributed by atoms with van der Waals surface area (Å²) in [6.45, 7) is 8.27. The zero-order valence-electron chi connectivity index (χ0n) is 14.5. The van der Waals surface area contributed by atoms with Crippen LogP contribution in [0, 0.1) is 12.8 Å². The van der Waals surface area contributed by atoms with Crippen LogP contribution < -0.4 is 5.32 Å². The van der Waals surface area contributed by atoms with Gasteiger partial charge < -0.3 is 15.1 Å². The van der Waals surface area contributed by atoms with Gasteiger partial charge in [0.2, 0.25) is 5.91 Å². The van der Waals surface area contributed by atoms with Crippen molar-refractivity contribution in [2.24, 2.45) is 5.92 Å². The molecule has 1 N–H and O–H groups in total. The highest BCUT2D eigenvalue weighted by molar-refractivity contribution is 6.29. The SMILES string of the molecule is CCN(CC)C(=O)[C@H]1CCCN(C(=O)Nc2ccc(Cl)nc2C)C1. The quantitative estimate of drug-likeness (QED) is 0.846. The smallest absolute Gasteiger partial charge is 0.321 e. The van der Waals surface area contributed by atoms with Crippen LogP contribution in [0.15, 0.2) is 12.1 Å². The van der Waals surface area contributed by atoms with Gasteiger partial charge in [-0.2, -0.15) is 0 Å². The number of nitrogens with zero attached hydrogens (tertiary/aromatic N) is 3. The first-order valence-electron chi connectivity index (χ1n) is 8.44. The van der Waals surface area contributed by atoms with Crippen molar-refractivity contribution in [1.29, 1.82) is 0 Å². The van der Waals surface area contributed by atoms with Gasteiger partial charge in [-0.15, -0.1) is 0 Å². The number of aryl methyl sites for hydroxylation is 1. The fourth-order valence-corrected chi connectivity index (χ4v) is 3.20. The van der Waals surface area contributed by atoms with E-state index in [1.807, 2.05) is 18.7 Å². The highest BCUT2D eigenvalue weighted by Gasteiger charge is 2.30. The normalized spacial score (nSPS) is 17.5. The molecule has 1 fully saturated rings. The third-order valence-corrected chi connectivity index (χ3v) is 4.64. The van der Waals surface area contributed by atoms with E-state index in [0.717, 1.165) is 12.8 Å². The maximum absolute atomic E-state index is 12.5. The first kappa shape index (κ1) is 18.5. The van der Waals surface area contributed by atoms with Gasteiger partial charge in [0.05, 0.1) is 17.3 Å². The van der Waals surface area contributed by atoms with Crippen LogP contribution in [0.25, 0.3) is 0 Å². The maximum atomic E-state index is 12.5. The number of nitrogens with one attached hydrogen (secondary N) is 1. The lowest BCUT2D eigenvalue weighted by atomic mass is 9.96. The molecule has 1 atom stereocenters. The van der Waals surface area contributed by atoms with Crippen LogP contribution in [-0.2, 0) is 4.79 Å². The lowest BCUT2D eigenvalue weighted by Gasteiger charge is -2.34. The standard InChI is InChI=1S/C17H25ClN4O2/c1-4-21(5-2)16(23)13-7-6-10-22(11-13)17(24)20-14-8-9-15(18)19-12(14)3/h8-9,13H,4-7,10-11H2,1-3H3,(H,20,24)/t13-/m0/s1. The summed E-state index contributed by atoms with van der Waals surface area (Å²) < 4.78 is 0. The first-order valence-corrected chi connectivity index (χ1v) is 8.81. The molecular formula is C17H25ClN4O2. The van der Waals surface area contributed by atoms with Crippen molar-refractivity contribution in [3.05, 3.63) is 23.0 Å². The van der Waals surface area contributed by atoms with Gasteiger partial charge in [0.25, 0.3) is 0 Å². The van der Waals surface area contributed by atoms with Gasteiger partial charge in [-0.3, -0.25) is 4.79 Å². The number of aromatic nitrogens is 1. The summed E-state index contributed by atoms with van der Waals surface area (Å²) in [5.41, 5.74) is 1.31. The number of likely N-dealkylation sites (tertiary alicyclic amines) is 1. The number of carbonyl (C=O) groups excluding carboxylic acids is 2. The van der Waals surface area contributed by atoms with E-state index >= 15 is 0 Å². The van der Waals surface area contributed by atoms with Gasteiger partial charge in [0, 0.05) is 26.2 Å². The summed E-state index contributed by atoms with van der Waals surface area (Å²) in [7, 11) is 0. The number of hydrogen-bond acceptors (Lipinski definition) is 3. The van der Waals surface area contributed by atoms with E-state index < -0.39 is 0 Å². The number of urea groups is 1. The molecule has 0 radical (unpaired) electrons. The number of anilines is 1. The number of carbonyl (C=O) groups is 2. The van der Waals surface area contributed by atoms with E-state index in [0.29, 0.717) is 42.7 Å². The van der Waals surface area contributed by atoms with Crippen molar-refractivity contribution in [2.75, 3.05) is 31.5 Å². The Morgan fingerprint density at radius 2 is 2.08 bits per heavy atom. The predicted molar refractivity (Wildman–Crippen MR) is 95.2 cm³/mol. The van der Waals surface area contributed by atoms with Gasteiger partial charge in [0.15, 0.2) is 0 Å². The summed E-state index contributed by atoms with van der Waals surface area (Å²) >= 11 is 5.84. The fourth-order valence-electron chi connectivity index (χ4n) is 3.01. The van der Waals surface area contributed by atoms with Crippen LogP contribution in [0.5, 0.6) is 0 Å². The molecule has 0 aliphatic carbocycles. The second-order valence-electron chi connectivity index (χ2n) is 5.99. The fraction of sp³-hybridized carbons (Fsp3) is 0.588. The van der Waals surface area contributed by atoms with E-state index in [-0.39, 0.29) is 17.9 Å². The maximum Gasteiger partial charge on any atom is 0.321 e. The number of hydrogen-bond donors (Lipinski definition) is 1. The van der Waals surface area contributed by atoms with Gasteiger partial charge in [-0.05, 0) is 45.7 Å². The van der Waals surface area contributed by atoms with E-state index in [1.54, 1.807) is 24.0 Å². The third-order valence-electron chi connectivity index (χ3n) is 4.43. The minimum Gasteiger partial charge on any atom is -0.343 e. The van der Waals surface area contributed by atoms with Crippen molar-refractivity contribution in [3.8, 4) is 0 Å². The Kier molecular flexibility index (Phi) is 6.43. The molecule has 1 aliphatic rings. The molecule has 0 saturated carbocycles. The third kappa shape index (κ3) is 4.38. The van der Waals surface area contributed by atoms with E-state index in [4.69, 9.17) is 11.6 Å². The van der Waals surface area contributed by atoms with Gasteiger partial charge in [-0.25, -0.2) is 9.78 Å². The molecule has 7 heteroatoms. The topological polar surface area (TPSA) is 65.5 Å². The van der Waals surface area contributed by atoms with Crippen molar-refractivity contribution in [1.82, 2.24) is 14.8 Å². The Balaban J connectivity index is 2.01. The van der Waals surface area contributed by atoms with Crippen LogP contribution in [-0.4, -0.2) is 52.9 Å². The second-order valence-corrected chi connectivity index (χ2v) is 6.38. The average molecular weight is 353 g/mol. The van der Waals surface area contributed by atoms with Crippen molar-refractivity contribution in [2.45, 2.75) is 33.6 Å². The first-order chi connectivity index (χ1) is 11.5. The minimum absolute atomic E-state index is 0.117. The molecule has 2 rings (SSSR count). The molecule has 6 nitrogen and oxygen atoms in total. The molecule has 1 aromatic heterocycles. The lowest BCUT2D eigenvalue weighted by molar-refractivity contribution is -0.136. The minimum atomic E-state index is -0.195. The van der Waals surface area contributed by atoms with Crippen LogP contribution in [0.2, 0.25) is 5.15 Å². The number of rotatable bonds is 4. The molecule has 1 aliphatic heterocycles. The molecule has 0 unspecified atom stereocenters. The Labute approximate surface area is 148 Å². The zero-order valence-corrected chi connectivity index (χ0v) is 15.3. The molecule has 0 spiro atoms. The Morgan fingerprint density at radius 3 is 2.71 bits per heavy atom. The van der Waals surface area contributed by atoms with Gasteiger partial charge >= 0.3 is 6.03 Å². The summed E-state index contributed by atoms with van der Waals surface area (Å²) in [5.74, 6) is 0.0238. The van der Waals surface area contributed by atoms with Crippen molar-refractivity contribution >= 4 is 29.2 Å². The Hall–Kier alpha value is -1.82. The summed E-state index contributed by atoms with van der Waals surface area (Å²) in [4.78, 5) is 32.7. The van der Waals surface area contributed by atoms with Gasteiger partial charge in [0.1, 0.15) is 5.15 Å². The second kappa shape index (κ2) is 8.33. The largest absolute Gasteiger partial charge is 0.343 e. The highest BCUT2D eigenvalue weighted by atomic mass is 35.5. The predicted octanol–water partition coefficient (Wildman–Crippen LogP) is 3.16. The summed E-state index contributed by atoms with van der Waals surface area (Å²) in [6.07, 6.45) is 1.67. The van der Waals surface area contributed by atoms with Gasteiger partial charge in [-0.1, -0.05) is 11.6 Å². The molecule has 3 amide bonds. The van der Waals surface area contributed by atoms with Crippen LogP contribution in [0.4, 0.5) is 10.5 Å². The van der Waals surface area contributed by atoms with Crippen LogP contribution in [0.1, 0.15) is 32.4 Å². The molecule has 0 aromatic carbocycles. The summed E-state index contributed by atoms with van der Waals surface area (Å²) in [6, 6.07) is 3.19. The molecule has 132 valence electrons. The van der Waals surface area contributed by atoms with Crippen molar-refractivity contribution in [3.63, 3.8) is 0 Å². The Morgan fingerprint density at radius 1 is 1.38 bits per heavy atom. The number of piperidine rings is 1. The average Bonchev–Trinajstić information content (AvgIpc) is 2.58. The molecular weight excluding hydrogens is 328 g/mol. The molecule has 0 bridgehead atoms. The molecule has 24 heavy (non-hydrogen) atoms. The molecule has 1 aromatic rings. The lowest BCUT2D eigenvalue weighted by Crippen LogP contribution is -2.48. The number of pyridine rings is 1. The van der Waals surface area contributed by atoms with E-state index in [2.05, 4.69) is 10.3 Å². The monoisotopic (exact) mass is 352 g/mol. The molecule has 1 saturated heterocycles. The zero-order chi connectivity index (χ0) is 17.7. The van der Waals surface area contributed by atoms with Crippen LogP contribution in [0.3, 0.4) is 0 Å². The van der Waals surface area contributed by atoms with E-state index in [9.17, 15) is 9.59 Å². The number of amides is 3. The van der Waals surface area contributed by atoms with E-state index in [1.165, 1.54) is 0 Å². The van der Waals surface area contributed by atoms with Crippen molar-refractivity contribution < 1.29 is 9.59 Å².